The molecule has 0 bridgehead atoms. The minimum Gasteiger partial charge on any atom is -0.508 e. The molecule has 0 aromatic heterocycles. The molecule has 0 spiro atoms. The first-order valence-corrected chi connectivity index (χ1v) is 8.62. The molecule has 130 valence electrons. The van der Waals surface area contributed by atoms with E-state index in [0.717, 1.165) is 40.7 Å². The third-order valence-electron chi connectivity index (χ3n) is 4.82. The highest BCUT2D eigenvalue weighted by molar-refractivity contribution is 5.94. The van der Waals surface area contributed by atoms with E-state index < -0.39 is 6.43 Å². The Morgan fingerprint density at radius 1 is 0.808 bits per heavy atom. The minimum atomic E-state index is -2.47. The third kappa shape index (κ3) is 3.13. The number of aryl methyl sites for hydroxylation is 2. The van der Waals surface area contributed by atoms with Crippen LogP contribution in [0.2, 0.25) is 0 Å². The Morgan fingerprint density at radius 3 is 2.38 bits per heavy atom. The summed E-state index contributed by atoms with van der Waals surface area (Å²) in [5, 5.41) is 9.77. The summed E-state index contributed by atoms with van der Waals surface area (Å²) in [6, 6.07) is 20.1. The Hall–Kier alpha value is -2.94. The van der Waals surface area contributed by atoms with Crippen LogP contribution < -0.4 is 0 Å². The summed E-state index contributed by atoms with van der Waals surface area (Å²) in [5.74, 6) is 0.203. The first-order valence-electron chi connectivity index (χ1n) is 8.62. The Balaban J connectivity index is 1.94. The van der Waals surface area contributed by atoms with E-state index >= 15 is 0 Å². The molecule has 1 aliphatic rings. The number of rotatable bonds is 2. The van der Waals surface area contributed by atoms with Gasteiger partial charge in [0.15, 0.2) is 0 Å². The molecule has 0 atom stereocenters. The molecule has 1 aliphatic carbocycles. The van der Waals surface area contributed by atoms with Gasteiger partial charge in [-0.15, -0.1) is 0 Å². The fraction of sp³-hybridized carbons (Fsp3) is 0.130. The number of fused-ring (bicyclic) bond motifs is 2. The minimum absolute atomic E-state index is 0.0615. The molecule has 26 heavy (non-hydrogen) atoms. The number of hydrogen-bond acceptors (Lipinski definition) is 1. The lowest BCUT2D eigenvalue weighted by Crippen LogP contribution is -1.95. The largest absolute Gasteiger partial charge is 0.508 e. The Kier molecular flexibility index (Phi) is 4.29. The zero-order valence-electron chi connectivity index (χ0n) is 14.1. The van der Waals surface area contributed by atoms with Gasteiger partial charge in [0.1, 0.15) is 5.75 Å². The zero-order chi connectivity index (χ0) is 18.1. The molecule has 4 rings (SSSR count). The van der Waals surface area contributed by atoms with Gasteiger partial charge in [-0.2, -0.15) is 0 Å². The normalized spacial score (nSPS) is 14.8. The van der Waals surface area contributed by atoms with Gasteiger partial charge in [-0.25, -0.2) is 8.78 Å². The maximum atomic E-state index is 13.1. The monoisotopic (exact) mass is 348 g/mol. The summed E-state index contributed by atoms with van der Waals surface area (Å²) in [4.78, 5) is 0. The summed E-state index contributed by atoms with van der Waals surface area (Å²) < 4.78 is 26.3. The number of benzene rings is 3. The highest BCUT2D eigenvalue weighted by Gasteiger charge is 2.19. The second-order valence-electron chi connectivity index (χ2n) is 6.53. The van der Waals surface area contributed by atoms with Crippen LogP contribution in [0.1, 0.15) is 39.8 Å². The second-order valence-corrected chi connectivity index (χ2v) is 6.53. The molecule has 0 radical (unpaired) electrons. The van der Waals surface area contributed by atoms with Crippen molar-refractivity contribution in [2.24, 2.45) is 0 Å². The lowest BCUT2D eigenvalue weighted by molar-refractivity contribution is 0.151. The Bertz CT molecular complexity index is 989. The van der Waals surface area contributed by atoms with E-state index in [2.05, 4.69) is 12.1 Å². The van der Waals surface area contributed by atoms with E-state index in [-0.39, 0.29) is 11.3 Å². The number of hydrogen-bond donors (Lipinski definition) is 1. The first kappa shape index (κ1) is 16.5. The van der Waals surface area contributed by atoms with Crippen molar-refractivity contribution in [3.05, 3.63) is 100 Å². The summed E-state index contributed by atoms with van der Waals surface area (Å²) >= 11 is 0. The number of aromatic hydroxyl groups is 1. The quantitative estimate of drug-likeness (QED) is 0.600. The van der Waals surface area contributed by atoms with Crippen molar-refractivity contribution in [1.29, 1.82) is 0 Å². The summed E-state index contributed by atoms with van der Waals surface area (Å²) in [7, 11) is 0. The van der Waals surface area contributed by atoms with Crippen LogP contribution >= 0.6 is 0 Å². The first-order chi connectivity index (χ1) is 12.6. The SMILES string of the molecule is Oc1cccc(C=C2c3ccccc3CCc3cc(C(F)F)ccc32)c1. The van der Waals surface area contributed by atoms with Crippen LogP contribution in [-0.4, -0.2) is 5.11 Å². The van der Waals surface area contributed by atoms with Gasteiger partial charge < -0.3 is 5.11 Å². The molecule has 1 N–H and O–H groups in total. The van der Waals surface area contributed by atoms with Crippen molar-refractivity contribution in [2.75, 3.05) is 0 Å². The molecule has 1 nitrogen and oxygen atoms in total. The topological polar surface area (TPSA) is 20.2 Å². The molecule has 0 aliphatic heterocycles. The van der Waals surface area contributed by atoms with Crippen molar-refractivity contribution in [3.63, 3.8) is 0 Å². The number of phenolic OH excluding ortho intramolecular Hbond substituents is 1. The predicted molar refractivity (Wildman–Crippen MR) is 100 cm³/mol. The molecular weight excluding hydrogens is 330 g/mol. The summed E-state index contributed by atoms with van der Waals surface area (Å²) in [6.07, 6.45) is 1.09. The van der Waals surface area contributed by atoms with Gasteiger partial charge in [-0.05, 0) is 70.5 Å². The fourth-order valence-electron chi connectivity index (χ4n) is 3.57. The van der Waals surface area contributed by atoms with Gasteiger partial charge in [-0.3, -0.25) is 0 Å². The maximum absolute atomic E-state index is 13.1. The standard InChI is InChI=1S/C23H18F2O/c24-23(25)18-10-11-21-17(14-18)9-8-16-5-1-2-7-20(16)22(21)13-15-4-3-6-19(26)12-15/h1-7,10-14,23,26H,8-9H2. The van der Waals surface area contributed by atoms with E-state index in [9.17, 15) is 13.9 Å². The molecule has 0 saturated heterocycles. The van der Waals surface area contributed by atoms with Crippen LogP contribution in [0, 0.1) is 0 Å². The van der Waals surface area contributed by atoms with Crippen molar-refractivity contribution in [2.45, 2.75) is 19.3 Å². The maximum Gasteiger partial charge on any atom is 0.263 e. The number of alkyl halides is 2. The van der Waals surface area contributed by atoms with Crippen LogP contribution in [0.3, 0.4) is 0 Å². The van der Waals surface area contributed by atoms with Gasteiger partial charge in [0.2, 0.25) is 0 Å². The van der Waals surface area contributed by atoms with E-state index in [0.29, 0.717) is 0 Å². The van der Waals surface area contributed by atoms with E-state index in [1.54, 1.807) is 30.3 Å². The lowest BCUT2D eigenvalue weighted by Gasteiger charge is -2.13. The Morgan fingerprint density at radius 2 is 1.58 bits per heavy atom. The van der Waals surface area contributed by atoms with Gasteiger partial charge in [0.05, 0.1) is 0 Å². The van der Waals surface area contributed by atoms with Crippen LogP contribution in [0.5, 0.6) is 5.75 Å². The fourth-order valence-corrected chi connectivity index (χ4v) is 3.57. The van der Waals surface area contributed by atoms with E-state index in [1.807, 2.05) is 24.3 Å². The summed E-state index contributed by atoms with van der Waals surface area (Å²) in [5.41, 5.74) is 6.16. The molecule has 0 heterocycles. The van der Waals surface area contributed by atoms with Crippen molar-refractivity contribution < 1.29 is 13.9 Å². The number of phenols is 1. The molecule has 3 aromatic carbocycles. The lowest BCUT2D eigenvalue weighted by atomic mass is 9.91. The van der Waals surface area contributed by atoms with Crippen molar-refractivity contribution in [1.82, 2.24) is 0 Å². The number of halogens is 2. The van der Waals surface area contributed by atoms with Crippen LogP contribution in [0.4, 0.5) is 8.78 Å². The van der Waals surface area contributed by atoms with Crippen LogP contribution in [0.15, 0.2) is 66.7 Å². The molecule has 0 amide bonds. The zero-order valence-corrected chi connectivity index (χ0v) is 14.1. The van der Waals surface area contributed by atoms with Crippen LogP contribution in [0.25, 0.3) is 11.6 Å². The van der Waals surface area contributed by atoms with Gasteiger partial charge in [0, 0.05) is 5.56 Å². The van der Waals surface area contributed by atoms with Gasteiger partial charge >= 0.3 is 0 Å². The molecule has 3 heteroatoms. The average Bonchev–Trinajstić information content (AvgIpc) is 2.79. The van der Waals surface area contributed by atoms with E-state index in [1.165, 1.54) is 11.6 Å². The highest BCUT2D eigenvalue weighted by Crippen LogP contribution is 2.36. The highest BCUT2D eigenvalue weighted by atomic mass is 19.3. The molecule has 0 saturated carbocycles. The van der Waals surface area contributed by atoms with E-state index in [4.69, 9.17) is 0 Å². The van der Waals surface area contributed by atoms with Gasteiger partial charge in [0.25, 0.3) is 6.43 Å². The van der Waals surface area contributed by atoms with Crippen molar-refractivity contribution in [3.8, 4) is 5.75 Å². The molecule has 0 unspecified atom stereocenters. The molecule has 3 aromatic rings. The van der Waals surface area contributed by atoms with Crippen molar-refractivity contribution >= 4 is 11.6 Å². The third-order valence-corrected chi connectivity index (χ3v) is 4.82. The summed E-state index contributed by atoms with van der Waals surface area (Å²) in [6.45, 7) is 0. The molecule has 0 fully saturated rings. The average molecular weight is 348 g/mol. The second kappa shape index (κ2) is 6.75. The van der Waals surface area contributed by atoms with Crippen LogP contribution in [-0.2, 0) is 12.8 Å². The predicted octanol–water partition coefficient (Wildman–Crippen LogP) is 6.02. The Labute approximate surface area is 151 Å². The smallest absolute Gasteiger partial charge is 0.263 e. The van der Waals surface area contributed by atoms with Gasteiger partial charge in [-0.1, -0.05) is 48.5 Å². The molecular formula is C23H18F2O.